The van der Waals surface area contributed by atoms with Gasteiger partial charge in [0.15, 0.2) is 0 Å². The molecule has 19 heavy (non-hydrogen) atoms. The van der Waals surface area contributed by atoms with E-state index in [4.69, 9.17) is 5.11 Å². The maximum absolute atomic E-state index is 10.7. The predicted molar refractivity (Wildman–Crippen MR) is 76.5 cm³/mol. The van der Waals surface area contributed by atoms with E-state index in [0.717, 1.165) is 13.1 Å². The summed E-state index contributed by atoms with van der Waals surface area (Å²) in [5, 5.41) is 8.83. The summed E-state index contributed by atoms with van der Waals surface area (Å²) < 4.78 is 0. The van der Waals surface area contributed by atoms with Gasteiger partial charge in [-0.05, 0) is 32.5 Å². The van der Waals surface area contributed by atoms with E-state index in [-0.39, 0.29) is 6.42 Å². The molecule has 4 nitrogen and oxygen atoms in total. The molecule has 0 aromatic heterocycles. The van der Waals surface area contributed by atoms with Crippen LogP contribution in [0.15, 0.2) is 30.3 Å². The molecule has 2 unspecified atom stereocenters. The number of hydrogen-bond acceptors (Lipinski definition) is 3. The van der Waals surface area contributed by atoms with E-state index in [1.807, 2.05) is 18.2 Å². The van der Waals surface area contributed by atoms with Crippen LogP contribution in [0.1, 0.15) is 19.8 Å². The molecule has 0 spiro atoms. The number of likely N-dealkylation sites (N-methyl/N-ethyl adjacent to an activating group) is 1. The van der Waals surface area contributed by atoms with Crippen molar-refractivity contribution in [3.63, 3.8) is 0 Å². The first-order valence-corrected chi connectivity index (χ1v) is 6.81. The molecule has 1 heterocycles. The number of hydrogen-bond donors (Lipinski definition) is 1. The van der Waals surface area contributed by atoms with Gasteiger partial charge in [-0.15, -0.1) is 0 Å². The lowest BCUT2D eigenvalue weighted by molar-refractivity contribution is -0.137. The zero-order valence-electron chi connectivity index (χ0n) is 11.6. The topological polar surface area (TPSA) is 43.8 Å². The second-order valence-electron chi connectivity index (χ2n) is 5.36. The standard InChI is InChI=1S/C15H22N2O2/c1-12-10-16(2)14(8-9-15(18)19)11-17(12)13-6-4-3-5-7-13/h3-7,12,14H,8-11H2,1-2H3,(H,18,19). The van der Waals surface area contributed by atoms with E-state index < -0.39 is 5.97 Å². The molecule has 1 aromatic carbocycles. The molecule has 2 rings (SSSR count). The normalized spacial score (nSPS) is 24.4. The zero-order chi connectivity index (χ0) is 13.8. The monoisotopic (exact) mass is 262 g/mol. The highest BCUT2D eigenvalue weighted by atomic mass is 16.4. The number of rotatable bonds is 4. The molecule has 1 aromatic rings. The summed E-state index contributed by atoms with van der Waals surface area (Å²) in [7, 11) is 2.09. The second-order valence-corrected chi connectivity index (χ2v) is 5.36. The van der Waals surface area contributed by atoms with Crippen LogP contribution in [0.3, 0.4) is 0 Å². The number of carbonyl (C=O) groups is 1. The minimum absolute atomic E-state index is 0.242. The van der Waals surface area contributed by atoms with Crippen LogP contribution >= 0.6 is 0 Å². The average Bonchev–Trinajstić information content (AvgIpc) is 2.38. The van der Waals surface area contributed by atoms with Crippen molar-refractivity contribution in [2.24, 2.45) is 0 Å². The SMILES string of the molecule is CC1CN(C)C(CCC(=O)O)CN1c1ccccc1. The van der Waals surface area contributed by atoms with Crippen LogP contribution in [0, 0.1) is 0 Å². The van der Waals surface area contributed by atoms with Crippen molar-refractivity contribution in [2.75, 3.05) is 25.0 Å². The highest BCUT2D eigenvalue weighted by Crippen LogP contribution is 2.23. The molecule has 104 valence electrons. The van der Waals surface area contributed by atoms with Gasteiger partial charge in [-0.2, -0.15) is 0 Å². The fraction of sp³-hybridized carbons (Fsp3) is 0.533. The Morgan fingerprint density at radius 1 is 1.32 bits per heavy atom. The lowest BCUT2D eigenvalue weighted by Crippen LogP contribution is -2.56. The van der Waals surface area contributed by atoms with E-state index in [1.165, 1.54) is 5.69 Å². The van der Waals surface area contributed by atoms with Gasteiger partial charge in [0.05, 0.1) is 0 Å². The Hall–Kier alpha value is -1.55. The number of carboxylic acid groups (broad SMARTS) is 1. The Labute approximate surface area is 114 Å². The summed E-state index contributed by atoms with van der Waals surface area (Å²) in [5.74, 6) is -0.710. The molecule has 0 aliphatic carbocycles. The van der Waals surface area contributed by atoms with Crippen LogP contribution in [-0.2, 0) is 4.79 Å². The lowest BCUT2D eigenvalue weighted by Gasteiger charge is -2.45. The number of anilines is 1. The van der Waals surface area contributed by atoms with Crippen molar-refractivity contribution in [3.8, 4) is 0 Å². The number of piperazine rings is 1. The van der Waals surface area contributed by atoms with E-state index in [9.17, 15) is 4.79 Å². The van der Waals surface area contributed by atoms with Gasteiger partial charge in [-0.3, -0.25) is 9.69 Å². The average molecular weight is 262 g/mol. The first-order chi connectivity index (χ1) is 9.08. The van der Waals surface area contributed by atoms with E-state index in [1.54, 1.807) is 0 Å². The van der Waals surface area contributed by atoms with Gasteiger partial charge in [0.1, 0.15) is 0 Å². The molecule has 1 N–H and O–H groups in total. The first kappa shape index (κ1) is 13.9. The Kier molecular flexibility index (Phi) is 4.43. The number of carboxylic acids is 1. The summed E-state index contributed by atoms with van der Waals surface area (Å²) in [5.41, 5.74) is 1.23. The Bertz CT molecular complexity index is 421. The summed E-state index contributed by atoms with van der Waals surface area (Å²) in [6.45, 7) is 4.09. The third-order valence-electron chi connectivity index (χ3n) is 3.89. The number of nitrogens with zero attached hydrogens (tertiary/aromatic N) is 2. The third-order valence-corrected chi connectivity index (χ3v) is 3.89. The van der Waals surface area contributed by atoms with Crippen LogP contribution in [-0.4, -0.2) is 48.2 Å². The maximum Gasteiger partial charge on any atom is 0.303 e. The van der Waals surface area contributed by atoms with Gasteiger partial charge in [0.25, 0.3) is 0 Å². The molecule has 0 amide bonds. The lowest BCUT2D eigenvalue weighted by atomic mass is 10.0. The highest BCUT2D eigenvalue weighted by molar-refractivity contribution is 5.66. The van der Waals surface area contributed by atoms with Crippen LogP contribution in [0.25, 0.3) is 0 Å². The van der Waals surface area contributed by atoms with Crippen molar-refractivity contribution in [2.45, 2.75) is 31.8 Å². The Morgan fingerprint density at radius 3 is 2.63 bits per heavy atom. The quantitative estimate of drug-likeness (QED) is 0.902. The smallest absolute Gasteiger partial charge is 0.303 e. The fourth-order valence-electron chi connectivity index (χ4n) is 2.79. The summed E-state index contributed by atoms with van der Waals surface area (Å²) in [4.78, 5) is 15.4. The molecule has 1 aliphatic heterocycles. The second kappa shape index (κ2) is 6.06. The van der Waals surface area contributed by atoms with Gasteiger partial charge in [-0.25, -0.2) is 0 Å². The number of benzene rings is 1. The van der Waals surface area contributed by atoms with E-state index >= 15 is 0 Å². The van der Waals surface area contributed by atoms with Crippen molar-refractivity contribution < 1.29 is 9.90 Å². The minimum atomic E-state index is -0.710. The fourth-order valence-corrected chi connectivity index (χ4v) is 2.79. The molecule has 0 radical (unpaired) electrons. The van der Waals surface area contributed by atoms with Crippen LogP contribution < -0.4 is 4.90 Å². The Balaban J connectivity index is 2.06. The van der Waals surface area contributed by atoms with Crippen molar-refractivity contribution in [3.05, 3.63) is 30.3 Å². The largest absolute Gasteiger partial charge is 0.481 e. The van der Waals surface area contributed by atoms with Gasteiger partial charge in [0, 0.05) is 37.3 Å². The predicted octanol–water partition coefficient (Wildman–Crippen LogP) is 2.06. The Morgan fingerprint density at radius 2 is 2.00 bits per heavy atom. The third kappa shape index (κ3) is 3.47. The molecule has 2 atom stereocenters. The summed E-state index contributed by atoms with van der Waals surface area (Å²) in [6.07, 6.45) is 0.952. The molecule has 0 saturated carbocycles. The molecule has 1 fully saturated rings. The molecule has 4 heteroatoms. The van der Waals surface area contributed by atoms with E-state index in [2.05, 4.69) is 35.9 Å². The molecular weight excluding hydrogens is 240 g/mol. The molecule has 1 aliphatic rings. The summed E-state index contributed by atoms with van der Waals surface area (Å²) >= 11 is 0. The molecule has 0 bridgehead atoms. The number of para-hydroxylation sites is 1. The summed E-state index contributed by atoms with van der Waals surface area (Å²) in [6, 6.07) is 11.1. The minimum Gasteiger partial charge on any atom is -0.481 e. The van der Waals surface area contributed by atoms with Gasteiger partial charge < -0.3 is 10.0 Å². The van der Waals surface area contributed by atoms with E-state index in [0.29, 0.717) is 18.5 Å². The zero-order valence-corrected chi connectivity index (χ0v) is 11.6. The van der Waals surface area contributed by atoms with Crippen LogP contribution in [0.5, 0.6) is 0 Å². The first-order valence-electron chi connectivity index (χ1n) is 6.81. The van der Waals surface area contributed by atoms with Crippen LogP contribution in [0.2, 0.25) is 0 Å². The maximum atomic E-state index is 10.7. The molecule has 1 saturated heterocycles. The van der Waals surface area contributed by atoms with Crippen molar-refractivity contribution in [1.29, 1.82) is 0 Å². The molecular formula is C15H22N2O2. The van der Waals surface area contributed by atoms with Gasteiger partial charge in [-0.1, -0.05) is 18.2 Å². The number of aliphatic carboxylic acids is 1. The van der Waals surface area contributed by atoms with Crippen LogP contribution in [0.4, 0.5) is 5.69 Å². The van der Waals surface area contributed by atoms with Crippen molar-refractivity contribution in [1.82, 2.24) is 4.90 Å². The van der Waals surface area contributed by atoms with Gasteiger partial charge in [0.2, 0.25) is 0 Å². The van der Waals surface area contributed by atoms with Crippen molar-refractivity contribution >= 4 is 11.7 Å². The van der Waals surface area contributed by atoms with Gasteiger partial charge >= 0.3 is 5.97 Å². The highest BCUT2D eigenvalue weighted by Gasteiger charge is 2.29.